The predicted molar refractivity (Wildman–Crippen MR) is 80.0 cm³/mol. The van der Waals surface area contributed by atoms with Gasteiger partial charge in [0.2, 0.25) is 0 Å². The molecular formula is C16H17ClFNO. The van der Waals surface area contributed by atoms with Crippen LogP contribution in [0.1, 0.15) is 18.1 Å². The quantitative estimate of drug-likeness (QED) is 0.902. The molecule has 0 aliphatic rings. The Labute approximate surface area is 123 Å². The molecule has 2 aromatic carbocycles. The van der Waals surface area contributed by atoms with Crippen LogP contribution in [0, 0.1) is 12.7 Å². The van der Waals surface area contributed by atoms with E-state index in [1.165, 1.54) is 12.1 Å². The van der Waals surface area contributed by atoms with E-state index in [-0.39, 0.29) is 11.9 Å². The molecule has 106 valence electrons. The number of nitrogens with two attached hydrogens (primary N) is 1. The normalized spacial score (nSPS) is 12.2. The lowest BCUT2D eigenvalue weighted by molar-refractivity contribution is 0.476. The minimum atomic E-state index is -0.284. The van der Waals surface area contributed by atoms with Gasteiger partial charge in [0.15, 0.2) is 0 Å². The highest BCUT2D eigenvalue weighted by molar-refractivity contribution is 6.32. The summed E-state index contributed by atoms with van der Waals surface area (Å²) >= 11 is 6.21. The Morgan fingerprint density at radius 3 is 2.50 bits per heavy atom. The molecule has 0 saturated heterocycles. The molecular weight excluding hydrogens is 277 g/mol. The molecule has 2 N–H and O–H groups in total. The maximum Gasteiger partial charge on any atom is 0.146 e. The van der Waals surface area contributed by atoms with Gasteiger partial charge in [-0.2, -0.15) is 0 Å². The second-order valence-corrected chi connectivity index (χ2v) is 5.37. The molecule has 0 amide bonds. The summed E-state index contributed by atoms with van der Waals surface area (Å²) in [6.45, 7) is 3.73. The first-order valence-electron chi connectivity index (χ1n) is 6.43. The summed E-state index contributed by atoms with van der Waals surface area (Å²) in [5, 5.41) is 0.520. The van der Waals surface area contributed by atoms with Gasteiger partial charge >= 0.3 is 0 Å². The smallest absolute Gasteiger partial charge is 0.146 e. The zero-order valence-corrected chi connectivity index (χ0v) is 12.2. The van der Waals surface area contributed by atoms with Crippen LogP contribution in [0.4, 0.5) is 4.39 Å². The number of hydrogen-bond acceptors (Lipinski definition) is 2. The minimum Gasteiger partial charge on any atom is -0.456 e. The Hall–Kier alpha value is -1.58. The van der Waals surface area contributed by atoms with Crippen LogP contribution in [0.3, 0.4) is 0 Å². The highest BCUT2D eigenvalue weighted by Gasteiger charge is 2.08. The SMILES string of the molecule is Cc1cc(F)ccc1Oc1ccc(CC(C)N)cc1Cl. The predicted octanol–water partition coefficient (Wildman–Crippen LogP) is 4.47. The first kappa shape index (κ1) is 14.8. The Morgan fingerprint density at radius 2 is 1.90 bits per heavy atom. The largest absolute Gasteiger partial charge is 0.456 e. The summed E-state index contributed by atoms with van der Waals surface area (Å²) in [6, 6.07) is 10.0. The van der Waals surface area contributed by atoms with Gasteiger partial charge in [-0.1, -0.05) is 17.7 Å². The average Bonchev–Trinajstić information content (AvgIpc) is 2.34. The summed E-state index contributed by atoms with van der Waals surface area (Å²) < 4.78 is 18.8. The van der Waals surface area contributed by atoms with E-state index in [0.29, 0.717) is 16.5 Å². The zero-order valence-electron chi connectivity index (χ0n) is 11.5. The lowest BCUT2D eigenvalue weighted by atomic mass is 10.1. The third kappa shape index (κ3) is 3.71. The minimum absolute atomic E-state index is 0.0807. The number of benzene rings is 2. The fourth-order valence-electron chi connectivity index (χ4n) is 1.97. The van der Waals surface area contributed by atoms with E-state index in [2.05, 4.69) is 0 Å². The number of ether oxygens (including phenoxy) is 1. The maximum absolute atomic E-state index is 13.0. The second-order valence-electron chi connectivity index (χ2n) is 4.96. The summed E-state index contributed by atoms with van der Waals surface area (Å²) in [5.74, 6) is 0.858. The van der Waals surface area contributed by atoms with Gasteiger partial charge < -0.3 is 10.5 Å². The van der Waals surface area contributed by atoms with Gasteiger partial charge in [0, 0.05) is 6.04 Å². The van der Waals surface area contributed by atoms with E-state index in [0.717, 1.165) is 17.5 Å². The fourth-order valence-corrected chi connectivity index (χ4v) is 2.21. The van der Waals surface area contributed by atoms with Crippen LogP contribution in [0.2, 0.25) is 5.02 Å². The van der Waals surface area contributed by atoms with Crippen molar-refractivity contribution >= 4 is 11.6 Å². The van der Waals surface area contributed by atoms with Gasteiger partial charge in [-0.25, -0.2) is 4.39 Å². The van der Waals surface area contributed by atoms with Crippen molar-refractivity contribution in [1.82, 2.24) is 0 Å². The molecule has 0 spiro atoms. The van der Waals surface area contributed by atoms with Gasteiger partial charge in [-0.15, -0.1) is 0 Å². The van der Waals surface area contributed by atoms with E-state index < -0.39 is 0 Å². The Kier molecular flexibility index (Phi) is 4.63. The second kappa shape index (κ2) is 6.25. The van der Waals surface area contributed by atoms with Crippen molar-refractivity contribution in [2.24, 2.45) is 5.73 Å². The van der Waals surface area contributed by atoms with Crippen LogP contribution in [0.25, 0.3) is 0 Å². The van der Waals surface area contributed by atoms with Crippen molar-refractivity contribution in [3.8, 4) is 11.5 Å². The number of rotatable bonds is 4. The standard InChI is InChI=1S/C16H17ClFNO/c1-10-7-13(18)4-6-15(10)20-16-5-3-12(8-11(2)19)9-14(16)17/h3-7,9,11H,8,19H2,1-2H3. The molecule has 4 heteroatoms. The Balaban J connectivity index is 2.21. The molecule has 20 heavy (non-hydrogen) atoms. The van der Waals surface area contributed by atoms with Crippen LogP contribution < -0.4 is 10.5 Å². The van der Waals surface area contributed by atoms with E-state index in [1.807, 2.05) is 25.1 Å². The molecule has 0 heterocycles. The molecule has 2 rings (SSSR count). The van der Waals surface area contributed by atoms with Crippen LogP contribution in [0.15, 0.2) is 36.4 Å². The molecule has 0 radical (unpaired) electrons. The van der Waals surface area contributed by atoms with Crippen LogP contribution in [-0.2, 0) is 6.42 Å². The molecule has 0 aliphatic carbocycles. The molecule has 0 bridgehead atoms. The number of hydrogen-bond donors (Lipinski definition) is 1. The number of halogens is 2. The summed E-state index contributed by atoms with van der Waals surface area (Å²) in [6.07, 6.45) is 0.760. The third-order valence-corrected chi connectivity index (χ3v) is 3.21. The van der Waals surface area contributed by atoms with Crippen molar-refractivity contribution in [2.45, 2.75) is 26.3 Å². The first-order chi connectivity index (χ1) is 9.45. The highest BCUT2D eigenvalue weighted by atomic mass is 35.5. The first-order valence-corrected chi connectivity index (χ1v) is 6.81. The van der Waals surface area contributed by atoms with Crippen LogP contribution in [0.5, 0.6) is 11.5 Å². The van der Waals surface area contributed by atoms with E-state index in [1.54, 1.807) is 13.0 Å². The topological polar surface area (TPSA) is 35.2 Å². The molecule has 1 unspecified atom stereocenters. The lowest BCUT2D eigenvalue weighted by Gasteiger charge is -2.12. The van der Waals surface area contributed by atoms with E-state index >= 15 is 0 Å². The highest BCUT2D eigenvalue weighted by Crippen LogP contribution is 2.32. The molecule has 2 aromatic rings. The van der Waals surface area contributed by atoms with Gasteiger partial charge in [-0.3, -0.25) is 0 Å². The molecule has 0 aliphatic heterocycles. The number of aryl methyl sites for hydroxylation is 1. The van der Waals surface area contributed by atoms with Crippen LogP contribution in [-0.4, -0.2) is 6.04 Å². The van der Waals surface area contributed by atoms with Crippen molar-refractivity contribution in [1.29, 1.82) is 0 Å². The summed E-state index contributed by atoms with van der Waals surface area (Å²) in [5.41, 5.74) is 7.55. The summed E-state index contributed by atoms with van der Waals surface area (Å²) in [4.78, 5) is 0. The summed E-state index contributed by atoms with van der Waals surface area (Å²) in [7, 11) is 0. The lowest BCUT2D eigenvalue weighted by Crippen LogP contribution is -2.17. The van der Waals surface area contributed by atoms with Crippen molar-refractivity contribution in [2.75, 3.05) is 0 Å². The average molecular weight is 294 g/mol. The van der Waals surface area contributed by atoms with Gasteiger partial charge in [0.05, 0.1) is 5.02 Å². The monoisotopic (exact) mass is 293 g/mol. The molecule has 0 saturated carbocycles. The third-order valence-electron chi connectivity index (χ3n) is 2.91. The molecule has 1 atom stereocenters. The molecule has 2 nitrogen and oxygen atoms in total. The maximum atomic E-state index is 13.0. The van der Waals surface area contributed by atoms with Crippen molar-refractivity contribution in [3.63, 3.8) is 0 Å². The van der Waals surface area contributed by atoms with E-state index in [9.17, 15) is 4.39 Å². The Bertz CT molecular complexity index is 613. The van der Waals surface area contributed by atoms with Gasteiger partial charge in [-0.05, 0) is 61.7 Å². The van der Waals surface area contributed by atoms with E-state index in [4.69, 9.17) is 22.1 Å². The molecule has 0 fully saturated rings. The zero-order chi connectivity index (χ0) is 14.7. The van der Waals surface area contributed by atoms with Crippen molar-refractivity contribution < 1.29 is 9.13 Å². The van der Waals surface area contributed by atoms with Gasteiger partial charge in [0.1, 0.15) is 17.3 Å². The fraction of sp³-hybridized carbons (Fsp3) is 0.250. The molecule has 0 aromatic heterocycles. The van der Waals surface area contributed by atoms with Crippen molar-refractivity contribution in [3.05, 3.63) is 58.4 Å². The Morgan fingerprint density at radius 1 is 1.20 bits per heavy atom. The van der Waals surface area contributed by atoms with Gasteiger partial charge in [0.25, 0.3) is 0 Å². The van der Waals surface area contributed by atoms with Crippen LogP contribution >= 0.6 is 11.6 Å².